The van der Waals surface area contributed by atoms with Crippen molar-refractivity contribution < 1.29 is 4.92 Å². The first-order chi connectivity index (χ1) is 8.18. The van der Waals surface area contributed by atoms with Crippen molar-refractivity contribution >= 4 is 11.5 Å². The summed E-state index contributed by atoms with van der Waals surface area (Å²) in [4.78, 5) is 13.9. The quantitative estimate of drug-likeness (QED) is 0.618. The van der Waals surface area contributed by atoms with Crippen LogP contribution in [0.4, 0.5) is 11.5 Å². The van der Waals surface area contributed by atoms with Gasteiger partial charge in [-0.3, -0.25) is 0 Å². The smallest absolute Gasteiger partial charge is 0.371 e. The number of aryl methyl sites for hydroxylation is 1. The number of nitrogens with one attached hydrogen (secondary N) is 1. The third-order valence-electron chi connectivity index (χ3n) is 2.20. The van der Waals surface area contributed by atoms with Crippen molar-refractivity contribution in [3.63, 3.8) is 0 Å². The van der Waals surface area contributed by atoms with E-state index in [-0.39, 0.29) is 5.82 Å². The Balaban J connectivity index is 2.14. The predicted molar refractivity (Wildman–Crippen MR) is 59.2 cm³/mol. The van der Waals surface area contributed by atoms with Gasteiger partial charge < -0.3 is 20.0 Å². The molecule has 0 aliphatic heterocycles. The molecular formula is C9H10N6O2. The first-order valence-corrected chi connectivity index (χ1v) is 4.84. The molecule has 0 fully saturated rings. The molecule has 17 heavy (non-hydrogen) atoms. The maximum atomic E-state index is 10.7. The molecule has 2 heterocycles. The number of hydrogen-bond donors (Lipinski definition) is 1. The van der Waals surface area contributed by atoms with Crippen LogP contribution < -0.4 is 5.32 Å². The summed E-state index contributed by atoms with van der Waals surface area (Å²) >= 11 is 0. The second-order valence-electron chi connectivity index (χ2n) is 3.34. The van der Waals surface area contributed by atoms with E-state index in [4.69, 9.17) is 0 Å². The Morgan fingerprint density at radius 2 is 2.41 bits per heavy atom. The second kappa shape index (κ2) is 4.56. The Labute approximate surface area is 96.5 Å². The lowest BCUT2D eigenvalue weighted by Crippen LogP contribution is -2.07. The summed E-state index contributed by atoms with van der Waals surface area (Å²) in [7, 11) is 1.80. The molecule has 0 aliphatic rings. The summed E-state index contributed by atoms with van der Waals surface area (Å²) < 4.78 is 1.73. The van der Waals surface area contributed by atoms with Crippen LogP contribution in [-0.4, -0.2) is 24.7 Å². The molecular weight excluding hydrogens is 224 g/mol. The molecule has 8 heteroatoms. The largest absolute Gasteiger partial charge is 0.386 e. The zero-order chi connectivity index (χ0) is 12.3. The molecule has 0 amide bonds. The van der Waals surface area contributed by atoms with Crippen molar-refractivity contribution in [3.8, 4) is 0 Å². The summed E-state index contributed by atoms with van der Waals surface area (Å²) in [6.07, 6.45) is 2.94. The first kappa shape index (κ1) is 11.0. The van der Waals surface area contributed by atoms with E-state index in [1.807, 2.05) is 0 Å². The Bertz CT molecular complexity index is 538. The molecule has 0 saturated heterocycles. The SMILES string of the molecule is Cn1cnnc1CNc1cccnc1[N+](=O)[O-]. The third-order valence-corrected chi connectivity index (χ3v) is 2.20. The zero-order valence-corrected chi connectivity index (χ0v) is 9.07. The minimum absolute atomic E-state index is 0.199. The molecule has 0 bridgehead atoms. The predicted octanol–water partition coefficient (Wildman–Crippen LogP) is 0.730. The van der Waals surface area contributed by atoms with Gasteiger partial charge in [0.15, 0.2) is 5.82 Å². The summed E-state index contributed by atoms with van der Waals surface area (Å²) in [6, 6.07) is 3.23. The summed E-state index contributed by atoms with van der Waals surface area (Å²) in [6.45, 7) is 0.350. The van der Waals surface area contributed by atoms with Gasteiger partial charge in [0.2, 0.25) is 0 Å². The maximum absolute atomic E-state index is 10.7. The highest BCUT2D eigenvalue weighted by atomic mass is 16.6. The molecule has 0 unspecified atom stereocenters. The van der Waals surface area contributed by atoms with Gasteiger partial charge in [0.05, 0.1) is 6.54 Å². The van der Waals surface area contributed by atoms with Crippen LogP contribution in [0, 0.1) is 10.1 Å². The molecule has 8 nitrogen and oxygen atoms in total. The van der Waals surface area contributed by atoms with E-state index in [1.54, 1.807) is 30.1 Å². The van der Waals surface area contributed by atoms with Crippen LogP contribution in [0.25, 0.3) is 0 Å². The molecule has 2 aromatic heterocycles. The van der Waals surface area contributed by atoms with Gasteiger partial charge in [-0.2, -0.15) is 0 Å². The van der Waals surface area contributed by atoms with E-state index in [9.17, 15) is 10.1 Å². The third kappa shape index (κ3) is 2.36. The maximum Gasteiger partial charge on any atom is 0.386 e. The highest BCUT2D eigenvalue weighted by Gasteiger charge is 2.14. The lowest BCUT2D eigenvalue weighted by Gasteiger charge is -2.05. The normalized spacial score (nSPS) is 10.2. The van der Waals surface area contributed by atoms with Crippen molar-refractivity contribution in [2.45, 2.75) is 6.54 Å². The standard InChI is InChI=1S/C9H10N6O2/c1-14-6-12-13-8(14)5-11-7-3-2-4-10-9(7)15(16)17/h2-4,6,11H,5H2,1H3. The zero-order valence-electron chi connectivity index (χ0n) is 9.07. The molecule has 0 atom stereocenters. The van der Waals surface area contributed by atoms with Gasteiger partial charge in [-0.25, -0.2) is 0 Å². The first-order valence-electron chi connectivity index (χ1n) is 4.84. The van der Waals surface area contributed by atoms with E-state index in [1.165, 1.54) is 6.20 Å². The molecule has 0 aliphatic carbocycles. The average Bonchev–Trinajstić information content (AvgIpc) is 2.72. The minimum Gasteiger partial charge on any atom is -0.371 e. The highest BCUT2D eigenvalue weighted by Crippen LogP contribution is 2.20. The van der Waals surface area contributed by atoms with E-state index in [0.717, 1.165) is 0 Å². The second-order valence-corrected chi connectivity index (χ2v) is 3.34. The number of aromatic nitrogens is 4. The number of nitrogens with zero attached hydrogens (tertiary/aromatic N) is 5. The summed E-state index contributed by atoms with van der Waals surface area (Å²) in [5, 5.41) is 21.2. The fraction of sp³-hybridized carbons (Fsp3) is 0.222. The Morgan fingerprint density at radius 1 is 1.59 bits per heavy atom. The van der Waals surface area contributed by atoms with Gasteiger partial charge in [-0.05, 0) is 22.0 Å². The summed E-state index contributed by atoms with van der Waals surface area (Å²) in [5.74, 6) is 0.484. The lowest BCUT2D eigenvalue weighted by molar-refractivity contribution is -0.388. The fourth-order valence-electron chi connectivity index (χ4n) is 1.32. The summed E-state index contributed by atoms with van der Waals surface area (Å²) in [5.41, 5.74) is 0.362. The Morgan fingerprint density at radius 3 is 3.06 bits per heavy atom. The van der Waals surface area contributed by atoms with Crippen LogP contribution in [0.5, 0.6) is 0 Å². The lowest BCUT2D eigenvalue weighted by atomic mass is 10.4. The van der Waals surface area contributed by atoms with Crippen LogP contribution in [0.15, 0.2) is 24.7 Å². The molecule has 2 rings (SSSR count). The molecule has 0 aromatic carbocycles. The van der Waals surface area contributed by atoms with Gasteiger partial charge in [0, 0.05) is 7.05 Å². The number of hydrogen-bond acceptors (Lipinski definition) is 6. The van der Waals surface area contributed by atoms with Crippen LogP contribution in [0.3, 0.4) is 0 Å². The van der Waals surface area contributed by atoms with E-state index < -0.39 is 4.92 Å². The topological polar surface area (TPSA) is 98.8 Å². The van der Waals surface area contributed by atoms with Gasteiger partial charge >= 0.3 is 5.82 Å². The number of pyridine rings is 1. The van der Waals surface area contributed by atoms with Crippen molar-refractivity contribution in [2.24, 2.45) is 7.05 Å². The molecule has 2 aromatic rings. The molecule has 88 valence electrons. The Hall–Kier alpha value is -2.51. The fourth-order valence-corrected chi connectivity index (χ4v) is 1.32. The van der Waals surface area contributed by atoms with Gasteiger partial charge in [0.1, 0.15) is 18.2 Å². The van der Waals surface area contributed by atoms with Crippen molar-refractivity contribution in [2.75, 3.05) is 5.32 Å². The van der Waals surface area contributed by atoms with Crippen molar-refractivity contribution in [3.05, 3.63) is 40.6 Å². The van der Waals surface area contributed by atoms with Crippen molar-refractivity contribution in [1.29, 1.82) is 0 Å². The highest BCUT2D eigenvalue weighted by molar-refractivity contribution is 5.56. The minimum atomic E-state index is -0.529. The van der Waals surface area contributed by atoms with Gasteiger partial charge in [-0.15, -0.1) is 10.2 Å². The van der Waals surface area contributed by atoms with Crippen LogP contribution in [0.1, 0.15) is 5.82 Å². The number of anilines is 1. The van der Waals surface area contributed by atoms with E-state index in [2.05, 4.69) is 20.5 Å². The molecule has 1 N–H and O–H groups in total. The van der Waals surface area contributed by atoms with Gasteiger partial charge in [-0.1, -0.05) is 0 Å². The molecule has 0 spiro atoms. The van der Waals surface area contributed by atoms with Crippen molar-refractivity contribution in [1.82, 2.24) is 19.7 Å². The Kier molecular flexibility index (Phi) is 2.95. The number of rotatable bonds is 4. The molecule has 0 saturated carbocycles. The molecule has 0 radical (unpaired) electrons. The van der Waals surface area contributed by atoms with Crippen LogP contribution in [-0.2, 0) is 13.6 Å². The number of nitro groups is 1. The van der Waals surface area contributed by atoms with Crippen LogP contribution >= 0.6 is 0 Å². The van der Waals surface area contributed by atoms with E-state index >= 15 is 0 Å². The van der Waals surface area contributed by atoms with E-state index in [0.29, 0.717) is 18.1 Å². The monoisotopic (exact) mass is 234 g/mol. The van der Waals surface area contributed by atoms with Crippen LogP contribution in [0.2, 0.25) is 0 Å². The van der Waals surface area contributed by atoms with Gasteiger partial charge in [0.25, 0.3) is 0 Å². The average molecular weight is 234 g/mol.